The summed E-state index contributed by atoms with van der Waals surface area (Å²) < 4.78 is 144. The van der Waals surface area contributed by atoms with E-state index in [0.717, 1.165) is 0 Å². The molecule has 0 fully saturated rings. The molecule has 0 saturated carbocycles. The number of benzene rings is 2. The number of halogens is 10. The molecular formula is C16H9F10O2PS. The molecule has 0 aliphatic rings. The molecule has 0 unspecified atom stereocenters. The molecule has 30 heavy (non-hydrogen) atoms. The van der Waals surface area contributed by atoms with Crippen LogP contribution in [0.5, 0.6) is 0 Å². The smallest absolute Gasteiger partial charge is 0.200 e. The van der Waals surface area contributed by atoms with Crippen LogP contribution < -0.4 is 0 Å². The quantitative estimate of drug-likeness (QED) is 0.203. The summed E-state index contributed by atoms with van der Waals surface area (Å²) in [6.45, 7) is -4.96. The molecule has 0 spiro atoms. The molecule has 0 atom stereocenters. The van der Waals surface area contributed by atoms with Crippen molar-refractivity contribution < 1.29 is 53.0 Å². The Labute approximate surface area is 167 Å². The molecule has 0 heterocycles. The van der Waals surface area contributed by atoms with Crippen LogP contribution in [0.3, 0.4) is 0 Å². The van der Waals surface area contributed by atoms with Gasteiger partial charge in [-0.2, -0.15) is 0 Å². The largest absolute Gasteiger partial charge is 0.324 e. The highest BCUT2D eigenvalue weighted by atomic mass is 32.5. The summed E-state index contributed by atoms with van der Waals surface area (Å²) >= 11 is 4.91. The molecule has 2 aromatic carbocycles. The molecule has 0 aromatic heterocycles. The lowest BCUT2D eigenvalue weighted by Crippen LogP contribution is -2.10. The average Bonchev–Trinajstić information content (AvgIpc) is 2.73. The zero-order valence-corrected chi connectivity index (χ0v) is 16.3. The van der Waals surface area contributed by atoms with Crippen molar-refractivity contribution in [2.24, 2.45) is 0 Å². The van der Waals surface area contributed by atoms with Gasteiger partial charge in [0.1, 0.15) is 0 Å². The van der Waals surface area contributed by atoms with Gasteiger partial charge in [-0.05, 0) is 11.8 Å². The van der Waals surface area contributed by atoms with Crippen LogP contribution in [-0.2, 0) is 34.1 Å². The van der Waals surface area contributed by atoms with E-state index in [0.29, 0.717) is 0 Å². The fourth-order valence-corrected chi connectivity index (χ4v) is 3.51. The van der Waals surface area contributed by atoms with Crippen LogP contribution >= 0.6 is 6.49 Å². The molecule has 0 N–H and O–H groups in total. The molecule has 14 heteroatoms. The third kappa shape index (κ3) is 4.48. The predicted octanol–water partition coefficient (Wildman–Crippen LogP) is 6.14. The van der Waals surface area contributed by atoms with E-state index in [1.807, 2.05) is 0 Å². The van der Waals surface area contributed by atoms with Gasteiger partial charge in [0, 0.05) is 6.16 Å². The molecule has 2 nitrogen and oxygen atoms in total. The predicted molar refractivity (Wildman–Crippen MR) is 86.9 cm³/mol. The van der Waals surface area contributed by atoms with E-state index in [1.165, 1.54) is 6.92 Å². The molecule has 0 radical (unpaired) electrons. The first-order valence-electron chi connectivity index (χ1n) is 7.75. The van der Waals surface area contributed by atoms with Gasteiger partial charge >= 0.3 is 0 Å². The number of rotatable bonds is 7. The fourth-order valence-electron chi connectivity index (χ4n) is 2.10. The SMILES string of the molecule is CCP(=S)(OCc1c(F)c(F)c(F)c(F)c1F)OCc1c(F)c(F)c(F)c(F)c1F. The van der Waals surface area contributed by atoms with Crippen LogP contribution in [0.1, 0.15) is 18.1 Å². The third-order valence-corrected chi connectivity index (χ3v) is 7.03. The van der Waals surface area contributed by atoms with E-state index in [1.54, 1.807) is 0 Å². The van der Waals surface area contributed by atoms with Gasteiger partial charge in [-0.3, -0.25) is 0 Å². The molecule has 0 saturated heterocycles. The Morgan fingerprint density at radius 2 is 0.767 bits per heavy atom. The maximum Gasteiger partial charge on any atom is 0.200 e. The highest BCUT2D eigenvalue weighted by Gasteiger charge is 2.30. The van der Waals surface area contributed by atoms with Crippen LogP contribution in [0.15, 0.2) is 0 Å². The molecular weight excluding hydrogens is 477 g/mol. The first-order chi connectivity index (χ1) is 13.9. The normalized spacial score (nSPS) is 12.0. The molecule has 2 aromatic rings. The number of hydrogen-bond donors (Lipinski definition) is 0. The summed E-state index contributed by atoms with van der Waals surface area (Å²) in [7, 11) is 0. The monoisotopic (exact) mass is 486 g/mol. The van der Waals surface area contributed by atoms with E-state index in [4.69, 9.17) is 20.9 Å². The van der Waals surface area contributed by atoms with Gasteiger partial charge in [0.05, 0.1) is 24.3 Å². The van der Waals surface area contributed by atoms with Crippen LogP contribution in [0.2, 0.25) is 0 Å². The van der Waals surface area contributed by atoms with Gasteiger partial charge in [0.15, 0.2) is 53.0 Å². The molecule has 0 aliphatic carbocycles. The second-order valence-electron chi connectivity index (χ2n) is 5.57. The zero-order valence-electron chi connectivity index (χ0n) is 14.6. The molecule has 166 valence electrons. The summed E-state index contributed by atoms with van der Waals surface area (Å²) in [5.41, 5.74) is -2.76. The summed E-state index contributed by atoms with van der Waals surface area (Å²) in [6.07, 6.45) is -0.285. The van der Waals surface area contributed by atoms with Crippen molar-refractivity contribution in [3.05, 3.63) is 69.3 Å². The van der Waals surface area contributed by atoms with E-state index < -0.39 is 89.0 Å². The van der Waals surface area contributed by atoms with Gasteiger partial charge in [0.2, 0.25) is 11.6 Å². The van der Waals surface area contributed by atoms with Crippen molar-refractivity contribution in [1.29, 1.82) is 0 Å². The average molecular weight is 486 g/mol. The Balaban J connectivity index is 2.27. The lowest BCUT2D eigenvalue weighted by Gasteiger charge is -2.22. The summed E-state index contributed by atoms with van der Waals surface area (Å²) in [5, 5.41) is 0. The molecule has 2 rings (SSSR count). The van der Waals surface area contributed by atoms with E-state index >= 15 is 0 Å². The minimum Gasteiger partial charge on any atom is -0.324 e. The van der Waals surface area contributed by atoms with Gasteiger partial charge in [-0.25, -0.2) is 43.9 Å². The Morgan fingerprint density at radius 3 is 1.00 bits per heavy atom. The highest BCUT2D eigenvalue weighted by molar-refractivity contribution is 8.09. The first-order valence-corrected chi connectivity index (χ1v) is 10.6. The van der Waals surface area contributed by atoms with Gasteiger partial charge in [-0.15, -0.1) is 0 Å². The lowest BCUT2D eigenvalue weighted by atomic mass is 10.2. The lowest BCUT2D eigenvalue weighted by molar-refractivity contribution is 0.218. The van der Waals surface area contributed by atoms with Crippen LogP contribution in [-0.4, -0.2) is 6.16 Å². The van der Waals surface area contributed by atoms with E-state index in [9.17, 15) is 43.9 Å². The number of hydrogen-bond acceptors (Lipinski definition) is 3. The second kappa shape index (κ2) is 9.21. The Hall–Kier alpha value is -1.69. The summed E-state index contributed by atoms with van der Waals surface area (Å²) in [6, 6.07) is 0. The molecule has 0 bridgehead atoms. The topological polar surface area (TPSA) is 18.5 Å². The van der Waals surface area contributed by atoms with Crippen LogP contribution in [0.25, 0.3) is 0 Å². The second-order valence-corrected chi connectivity index (χ2v) is 9.61. The summed E-state index contributed by atoms with van der Waals surface area (Å²) in [4.78, 5) is 0. The third-order valence-electron chi connectivity index (χ3n) is 3.80. The zero-order chi connectivity index (χ0) is 23.0. The Morgan fingerprint density at radius 1 is 0.533 bits per heavy atom. The minimum atomic E-state index is -3.71. The summed E-state index contributed by atoms with van der Waals surface area (Å²) in [5.74, 6) is -22.5. The van der Waals surface area contributed by atoms with Crippen LogP contribution in [0, 0.1) is 58.2 Å². The van der Waals surface area contributed by atoms with Crippen LogP contribution in [0.4, 0.5) is 43.9 Å². The Kier molecular flexibility index (Phi) is 7.54. The van der Waals surface area contributed by atoms with Crippen molar-refractivity contribution >= 4 is 18.3 Å². The first kappa shape index (κ1) is 24.6. The van der Waals surface area contributed by atoms with Gasteiger partial charge in [0.25, 0.3) is 0 Å². The van der Waals surface area contributed by atoms with E-state index in [2.05, 4.69) is 0 Å². The van der Waals surface area contributed by atoms with Crippen molar-refractivity contribution in [2.45, 2.75) is 20.1 Å². The maximum atomic E-state index is 13.7. The molecule has 0 aliphatic heterocycles. The van der Waals surface area contributed by atoms with Crippen molar-refractivity contribution in [3.8, 4) is 0 Å². The van der Waals surface area contributed by atoms with Crippen molar-refractivity contribution in [3.63, 3.8) is 0 Å². The van der Waals surface area contributed by atoms with E-state index in [-0.39, 0.29) is 6.16 Å². The van der Waals surface area contributed by atoms with Crippen molar-refractivity contribution in [2.75, 3.05) is 6.16 Å². The standard InChI is InChI=1S/C16H9F10O2PS/c1-2-29(30,27-3-5-7(17)11(21)15(25)12(22)8(5)18)28-4-6-9(19)13(23)16(26)14(24)10(6)20/h2-4H2,1H3. The maximum absolute atomic E-state index is 13.7. The van der Waals surface area contributed by atoms with Gasteiger partial charge in [-0.1, -0.05) is 6.92 Å². The van der Waals surface area contributed by atoms with Gasteiger partial charge < -0.3 is 9.05 Å². The highest BCUT2D eigenvalue weighted by Crippen LogP contribution is 2.50. The molecule has 0 amide bonds. The Bertz CT molecular complexity index is 910. The minimum absolute atomic E-state index is 0.285. The fraction of sp³-hybridized carbons (Fsp3) is 0.250. The van der Waals surface area contributed by atoms with Crippen molar-refractivity contribution in [1.82, 2.24) is 0 Å².